The zero-order chi connectivity index (χ0) is 32.1. The van der Waals surface area contributed by atoms with Gasteiger partial charge in [0.25, 0.3) is 0 Å². The number of esters is 1. The molecule has 1 aromatic carbocycles. The number of cyclic esters (lactones) is 1. The number of hydrogen-bond donors (Lipinski definition) is 1. The van der Waals surface area contributed by atoms with Crippen molar-refractivity contribution < 1.29 is 37.8 Å². The fraction of sp³-hybridized carbons (Fsp3) is 0.765. The summed E-state index contributed by atoms with van der Waals surface area (Å²) < 4.78 is 36.9. The molecule has 8 rings (SSSR count). The molecule has 0 aromatic heterocycles. The van der Waals surface area contributed by atoms with Gasteiger partial charge in [-0.1, -0.05) is 19.9 Å². The van der Waals surface area contributed by atoms with Crippen LogP contribution < -0.4 is 10.1 Å². The number of hydrogen-bond acceptors (Lipinski definition) is 9. The molecule has 246 valence electrons. The topological polar surface area (TPSA) is 102 Å². The summed E-state index contributed by atoms with van der Waals surface area (Å²) in [5.41, 5.74) is 0.927. The molecule has 1 amide bonds. The van der Waals surface area contributed by atoms with Crippen molar-refractivity contribution in [2.45, 2.75) is 126 Å². The van der Waals surface area contributed by atoms with E-state index in [1.54, 1.807) is 25.6 Å². The van der Waals surface area contributed by atoms with E-state index < -0.39 is 23.5 Å². The lowest BCUT2D eigenvalue weighted by Crippen LogP contribution is -2.65. The number of amides is 1. The molecular formula is C34H48BNO8S. The minimum Gasteiger partial charge on any atom is -0.452 e. The predicted molar refractivity (Wildman–Crippen MR) is 171 cm³/mol. The Hall–Kier alpha value is -1.95. The van der Waals surface area contributed by atoms with E-state index in [2.05, 4.69) is 32.2 Å². The number of carbonyl (C=O) groups is 2. The number of ether oxygens (including phenoxy) is 4. The molecule has 3 heterocycles. The molecule has 7 aliphatic rings. The van der Waals surface area contributed by atoms with Gasteiger partial charge in [-0.05, 0) is 94.1 Å². The second-order valence-corrected chi connectivity index (χ2v) is 17.5. The Bertz CT molecular complexity index is 1370. The van der Waals surface area contributed by atoms with Gasteiger partial charge < -0.3 is 33.6 Å². The highest BCUT2D eigenvalue weighted by Gasteiger charge is 2.70. The molecule has 4 saturated carbocycles. The zero-order valence-corrected chi connectivity index (χ0v) is 28.7. The molecule has 11 heteroatoms. The average molecular weight is 642 g/mol. The molecular weight excluding hydrogens is 593 g/mol. The lowest BCUT2D eigenvalue weighted by molar-refractivity contribution is -0.199. The van der Waals surface area contributed by atoms with Crippen LogP contribution in [0.5, 0.6) is 5.75 Å². The quantitative estimate of drug-likeness (QED) is 0.201. The standard InChI is InChI=1S/C34H48BNO8S/c1-31(2,3)42-30(38)36-16-24(18-11-12-39-17-18)45-23-10-9-20(28-27(23)29(37)41-33(6,7)40-28)21-15-22(21)35-43-26-14-19-13-25(32(19,4)5)34(26,8)44-35/h9-10,18-19,21-22,24-26H,11-17H2,1-8H3,(H,36,38)/t18?,19-,21+,22+,24-,25-,26?,34-/m0/s1. The molecule has 3 aliphatic heterocycles. The van der Waals surface area contributed by atoms with Crippen molar-refractivity contribution in [2.75, 3.05) is 19.8 Å². The minimum absolute atomic E-state index is 0.0359. The Morgan fingerprint density at radius 2 is 1.91 bits per heavy atom. The zero-order valence-electron chi connectivity index (χ0n) is 27.9. The maximum absolute atomic E-state index is 13.6. The van der Waals surface area contributed by atoms with E-state index in [-0.39, 0.29) is 41.7 Å². The number of benzene rings is 1. The van der Waals surface area contributed by atoms with Crippen molar-refractivity contribution in [3.63, 3.8) is 0 Å². The normalized spacial score (nSPS) is 36.2. The molecule has 4 aliphatic carbocycles. The molecule has 2 saturated heterocycles. The Labute approximate surface area is 271 Å². The molecule has 1 N–H and O–H groups in total. The van der Waals surface area contributed by atoms with Crippen molar-refractivity contribution in [2.24, 2.45) is 23.2 Å². The van der Waals surface area contributed by atoms with Gasteiger partial charge in [-0.25, -0.2) is 9.59 Å². The van der Waals surface area contributed by atoms with E-state index in [1.165, 1.54) is 6.42 Å². The molecule has 2 bridgehead atoms. The average Bonchev–Trinajstić information content (AvgIpc) is 3.34. The number of carbonyl (C=O) groups excluding carboxylic acids is 2. The van der Waals surface area contributed by atoms with Crippen molar-refractivity contribution >= 4 is 30.9 Å². The fourth-order valence-corrected chi connectivity index (χ4v) is 9.92. The minimum atomic E-state index is -1.08. The molecule has 9 nitrogen and oxygen atoms in total. The Kier molecular flexibility index (Phi) is 7.59. The van der Waals surface area contributed by atoms with Gasteiger partial charge in [0.1, 0.15) is 16.9 Å². The van der Waals surface area contributed by atoms with Crippen LogP contribution in [0, 0.1) is 23.2 Å². The SMILES string of the molecule is CC(C)(C)OC(=O)NC[C@H](Sc1ccc([C@H]2C[C@H]2B2OC3C[C@@H]4C[C@@H](C4(C)C)[C@]3(C)O2)c2c1C(=O)OC(C)(C)O2)C1CCOC1. The Balaban J connectivity index is 1.12. The molecule has 6 fully saturated rings. The van der Waals surface area contributed by atoms with Crippen LogP contribution >= 0.6 is 11.8 Å². The molecule has 45 heavy (non-hydrogen) atoms. The summed E-state index contributed by atoms with van der Waals surface area (Å²) in [6.45, 7) is 17.8. The maximum atomic E-state index is 13.6. The molecule has 1 aromatic rings. The van der Waals surface area contributed by atoms with Crippen LogP contribution in [0.15, 0.2) is 17.0 Å². The van der Waals surface area contributed by atoms with Gasteiger partial charge in [0.15, 0.2) is 0 Å². The van der Waals surface area contributed by atoms with Gasteiger partial charge in [-0.2, -0.15) is 0 Å². The van der Waals surface area contributed by atoms with Crippen LogP contribution in [0.25, 0.3) is 0 Å². The van der Waals surface area contributed by atoms with Gasteiger partial charge in [-0.3, -0.25) is 0 Å². The van der Waals surface area contributed by atoms with E-state index in [1.807, 2.05) is 26.8 Å². The summed E-state index contributed by atoms with van der Waals surface area (Å²) in [6, 6.07) is 4.12. The second kappa shape index (κ2) is 10.8. The molecule has 0 spiro atoms. The summed E-state index contributed by atoms with van der Waals surface area (Å²) in [5, 5.41) is 2.90. The van der Waals surface area contributed by atoms with E-state index >= 15 is 0 Å². The highest BCUT2D eigenvalue weighted by atomic mass is 32.2. The summed E-state index contributed by atoms with van der Waals surface area (Å²) in [7, 11) is -0.251. The predicted octanol–water partition coefficient (Wildman–Crippen LogP) is 6.58. The van der Waals surface area contributed by atoms with Gasteiger partial charge >= 0.3 is 19.2 Å². The first-order valence-electron chi connectivity index (χ1n) is 16.7. The number of nitrogens with one attached hydrogen (secondary N) is 1. The highest BCUT2D eigenvalue weighted by molar-refractivity contribution is 8.00. The lowest BCUT2D eigenvalue weighted by Gasteiger charge is -2.64. The maximum Gasteiger partial charge on any atom is 0.461 e. The van der Waals surface area contributed by atoms with E-state index in [9.17, 15) is 9.59 Å². The van der Waals surface area contributed by atoms with Crippen LogP contribution in [-0.2, 0) is 23.5 Å². The van der Waals surface area contributed by atoms with Gasteiger partial charge in [0.2, 0.25) is 5.79 Å². The van der Waals surface area contributed by atoms with E-state index in [0.717, 1.165) is 29.7 Å². The third-order valence-electron chi connectivity index (χ3n) is 11.2. The summed E-state index contributed by atoms with van der Waals surface area (Å²) >= 11 is 1.57. The van der Waals surface area contributed by atoms with Crippen LogP contribution in [-0.4, -0.2) is 67.3 Å². The monoisotopic (exact) mass is 641 g/mol. The molecule has 2 unspecified atom stereocenters. The Morgan fingerprint density at radius 1 is 1.13 bits per heavy atom. The van der Waals surface area contributed by atoms with E-state index in [0.29, 0.717) is 48.3 Å². The van der Waals surface area contributed by atoms with Gasteiger partial charge in [0.05, 0.1) is 18.3 Å². The smallest absolute Gasteiger partial charge is 0.452 e. The van der Waals surface area contributed by atoms with Gasteiger partial charge in [-0.15, -0.1) is 11.8 Å². The highest BCUT2D eigenvalue weighted by Crippen LogP contribution is 2.68. The second-order valence-electron chi connectivity index (χ2n) is 16.3. The number of rotatable bonds is 7. The van der Waals surface area contributed by atoms with Crippen molar-refractivity contribution in [1.82, 2.24) is 5.32 Å². The molecule has 8 atom stereocenters. The van der Waals surface area contributed by atoms with Crippen molar-refractivity contribution in [3.8, 4) is 5.75 Å². The third kappa shape index (κ3) is 5.67. The first-order valence-corrected chi connectivity index (χ1v) is 17.6. The summed E-state index contributed by atoms with van der Waals surface area (Å²) in [5.74, 6) is 0.933. The van der Waals surface area contributed by atoms with Crippen molar-refractivity contribution in [1.29, 1.82) is 0 Å². The summed E-state index contributed by atoms with van der Waals surface area (Å²) in [6.07, 6.45) is 3.77. The van der Waals surface area contributed by atoms with Gasteiger partial charge in [0, 0.05) is 43.0 Å². The third-order valence-corrected chi connectivity index (χ3v) is 12.7. The number of fused-ring (bicyclic) bond motifs is 1. The van der Waals surface area contributed by atoms with E-state index in [4.69, 9.17) is 28.3 Å². The van der Waals surface area contributed by atoms with Crippen molar-refractivity contribution in [3.05, 3.63) is 23.3 Å². The van der Waals surface area contributed by atoms with Crippen LogP contribution in [0.2, 0.25) is 5.82 Å². The van der Waals surface area contributed by atoms with Crippen LogP contribution in [0.1, 0.15) is 103 Å². The summed E-state index contributed by atoms with van der Waals surface area (Å²) in [4.78, 5) is 26.9. The first-order chi connectivity index (χ1) is 21.1. The number of thioether (sulfide) groups is 1. The van der Waals surface area contributed by atoms with Crippen LogP contribution in [0.3, 0.4) is 0 Å². The first kappa shape index (κ1) is 31.6. The molecule has 0 radical (unpaired) electrons. The Morgan fingerprint density at radius 3 is 2.60 bits per heavy atom. The largest absolute Gasteiger partial charge is 0.461 e. The fourth-order valence-electron chi connectivity index (χ4n) is 8.58. The lowest BCUT2D eigenvalue weighted by atomic mass is 9.43. The number of alkyl carbamates (subject to hydrolysis) is 1. The van der Waals surface area contributed by atoms with Crippen LogP contribution in [0.4, 0.5) is 4.79 Å².